The Morgan fingerprint density at radius 1 is 1.62 bits per heavy atom. The summed E-state index contributed by atoms with van der Waals surface area (Å²) < 4.78 is 1.55. The third kappa shape index (κ3) is 1.87. The molecule has 88 valence electrons. The molecule has 2 rings (SSSR count). The highest BCUT2D eigenvalue weighted by molar-refractivity contribution is 6.34. The highest BCUT2D eigenvalue weighted by atomic mass is 35.5. The molecule has 1 fully saturated rings. The van der Waals surface area contributed by atoms with E-state index >= 15 is 0 Å². The van der Waals surface area contributed by atoms with E-state index in [1.165, 1.54) is 6.20 Å². The number of Topliss-reactive ketones (excluding diaryl/α,β-unsaturated/α-hetero) is 1. The minimum atomic E-state index is -0.490. The number of carbonyl (C=O) groups is 1. The van der Waals surface area contributed by atoms with Crippen LogP contribution in [-0.4, -0.2) is 27.6 Å². The van der Waals surface area contributed by atoms with Gasteiger partial charge in [-0.15, -0.1) is 0 Å². The highest BCUT2D eigenvalue weighted by Crippen LogP contribution is 2.26. The number of rotatable bonds is 2. The number of ketones is 1. The lowest BCUT2D eigenvalue weighted by molar-refractivity contribution is 0.0825. The fourth-order valence-corrected chi connectivity index (χ4v) is 2.43. The molecule has 0 amide bonds. The first-order chi connectivity index (χ1) is 7.54. The third-order valence-electron chi connectivity index (χ3n) is 3.23. The standard InChI is InChI=1S/C11H16ClN3O/c1-11(5-3-4-6-13-11)10(16)9-8(12)7-14-15(9)2/h7,13H,3-6H2,1-2H3. The molecule has 0 aromatic carbocycles. The molecule has 5 heteroatoms. The van der Waals surface area contributed by atoms with E-state index in [2.05, 4.69) is 10.4 Å². The van der Waals surface area contributed by atoms with E-state index in [1.807, 2.05) is 6.92 Å². The van der Waals surface area contributed by atoms with E-state index < -0.39 is 5.54 Å². The molecule has 2 heterocycles. The van der Waals surface area contributed by atoms with Gasteiger partial charge < -0.3 is 5.32 Å². The van der Waals surface area contributed by atoms with E-state index in [4.69, 9.17) is 11.6 Å². The number of nitrogens with one attached hydrogen (secondary N) is 1. The zero-order valence-corrected chi connectivity index (χ0v) is 10.3. The van der Waals surface area contributed by atoms with Gasteiger partial charge in [-0.3, -0.25) is 9.48 Å². The molecule has 1 unspecified atom stereocenters. The minimum absolute atomic E-state index is 0.0391. The highest BCUT2D eigenvalue weighted by Gasteiger charge is 2.37. The van der Waals surface area contributed by atoms with Crippen molar-refractivity contribution in [3.05, 3.63) is 16.9 Å². The molecule has 1 atom stereocenters. The van der Waals surface area contributed by atoms with Crippen LogP contribution in [0.15, 0.2) is 6.20 Å². The second-order valence-corrected chi connectivity index (χ2v) is 4.92. The lowest BCUT2D eigenvalue weighted by Crippen LogP contribution is -2.52. The molecule has 0 saturated carbocycles. The van der Waals surface area contributed by atoms with Gasteiger partial charge in [0.15, 0.2) is 0 Å². The molecular weight excluding hydrogens is 226 g/mol. The van der Waals surface area contributed by atoms with Gasteiger partial charge in [-0.05, 0) is 32.7 Å². The van der Waals surface area contributed by atoms with Crippen molar-refractivity contribution in [3.63, 3.8) is 0 Å². The minimum Gasteiger partial charge on any atom is -0.305 e. The van der Waals surface area contributed by atoms with Crippen molar-refractivity contribution in [1.82, 2.24) is 15.1 Å². The van der Waals surface area contributed by atoms with Crippen LogP contribution in [0.4, 0.5) is 0 Å². The van der Waals surface area contributed by atoms with E-state index in [9.17, 15) is 4.79 Å². The monoisotopic (exact) mass is 241 g/mol. The Bertz CT molecular complexity index is 388. The Hall–Kier alpha value is -0.870. The quantitative estimate of drug-likeness (QED) is 0.803. The largest absolute Gasteiger partial charge is 0.305 e. The molecule has 4 nitrogen and oxygen atoms in total. The van der Waals surface area contributed by atoms with E-state index in [0.717, 1.165) is 25.8 Å². The molecule has 0 aliphatic carbocycles. The van der Waals surface area contributed by atoms with Crippen molar-refractivity contribution in [2.75, 3.05) is 6.54 Å². The summed E-state index contributed by atoms with van der Waals surface area (Å²) in [5, 5.41) is 7.72. The first-order valence-electron chi connectivity index (χ1n) is 5.52. The van der Waals surface area contributed by atoms with Crippen LogP contribution < -0.4 is 5.32 Å². The molecule has 1 saturated heterocycles. The summed E-state index contributed by atoms with van der Waals surface area (Å²) in [5.74, 6) is 0.0391. The number of halogens is 1. The lowest BCUT2D eigenvalue weighted by atomic mass is 9.85. The Kier molecular flexibility index (Phi) is 3.04. The fourth-order valence-electron chi connectivity index (χ4n) is 2.18. The smallest absolute Gasteiger partial charge is 0.202 e. The number of hydrogen-bond acceptors (Lipinski definition) is 3. The van der Waals surface area contributed by atoms with Crippen LogP contribution in [-0.2, 0) is 7.05 Å². The Labute approximate surface area is 100.0 Å². The summed E-state index contributed by atoms with van der Waals surface area (Å²) in [6.07, 6.45) is 4.57. The summed E-state index contributed by atoms with van der Waals surface area (Å²) in [6.45, 7) is 2.83. The Balaban J connectivity index is 2.31. The molecule has 1 aliphatic heterocycles. The van der Waals surface area contributed by atoms with Crippen LogP contribution in [0.1, 0.15) is 36.7 Å². The topological polar surface area (TPSA) is 46.9 Å². The first-order valence-corrected chi connectivity index (χ1v) is 5.90. The molecule has 0 bridgehead atoms. The average molecular weight is 242 g/mol. The van der Waals surface area contributed by atoms with Gasteiger partial charge in [-0.2, -0.15) is 5.10 Å². The molecule has 1 aliphatic rings. The maximum absolute atomic E-state index is 12.4. The fraction of sp³-hybridized carbons (Fsp3) is 0.636. The maximum Gasteiger partial charge on any atom is 0.202 e. The number of carbonyl (C=O) groups excluding carboxylic acids is 1. The van der Waals surface area contributed by atoms with Gasteiger partial charge in [0.2, 0.25) is 5.78 Å². The number of aromatic nitrogens is 2. The zero-order chi connectivity index (χ0) is 11.8. The number of nitrogens with zero attached hydrogens (tertiary/aromatic N) is 2. The molecule has 1 aromatic rings. The van der Waals surface area contributed by atoms with Gasteiger partial charge in [-0.25, -0.2) is 0 Å². The molecular formula is C11H16ClN3O. The number of aryl methyl sites for hydroxylation is 1. The van der Waals surface area contributed by atoms with E-state index in [-0.39, 0.29) is 5.78 Å². The summed E-state index contributed by atoms with van der Waals surface area (Å²) >= 11 is 5.99. The summed E-state index contributed by atoms with van der Waals surface area (Å²) in [6, 6.07) is 0. The van der Waals surface area contributed by atoms with Gasteiger partial charge in [0.25, 0.3) is 0 Å². The summed E-state index contributed by atoms with van der Waals surface area (Å²) in [7, 11) is 1.74. The van der Waals surface area contributed by atoms with Crippen molar-refractivity contribution < 1.29 is 4.79 Å². The SMILES string of the molecule is Cn1ncc(Cl)c1C(=O)C1(C)CCCCN1. The predicted octanol–water partition coefficient (Wildman–Crippen LogP) is 1.79. The first kappa shape index (κ1) is 11.6. The second-order valence-electron chi connectivity index (χ2n) is 4.51. The Morgan fingerprint density at radius 2 is 2.38 bits per heavy atom. The van der Waals surface area contributed by atoms with Gasteiger partial charge >= 0.3 is 0 Å². The van der Waals surface area contributed by atoms with Crippen molar-refractivity contribution in [2.45, 2.75) is 31.7 Å². The Morgan fingerprint density at radius 3 is 2.88 bits per heavy atom. The van der Waals surface area contributed by atoms with Crippen LogP contribution in [0, 0.1) is 0 Å². The molecule has 0 radical (unpaired) electrons. The molecule has 16 heavy (non-hydrogen) atoms. The van der Waals surface area contributed by atoms with Gasteiger partial charge in [0.1, 0.15) is 5.69 Å². The van der Waals surface area contributed by atoms with Gasteiger partial charge in [0.05, 0.1) is 16.8 Å². The van der Waals surface area contributed by atoms with Crippen molar-refractivity contribution >= 4 is 17.4 Å². The van der Waals surface area contributed by atoms with Gasteiger partial charge in [0, 0.05) is 7.05 Å². The van der Waals surface area contributed by atoms with Crippen LogP contribution in [0.5, 0.6) is 0 Å². The second kappa shape index (κ2) is 4.18. The average Bonchev–Trinajstić information content (AvgIpc) is 2.59. The molecule has 1 N–H and O–H groups in total. The van der Waals surface area contributed by atoms with Crippen LogP contribution >= 0.6 is 11.6 Å². The molecule has 1 aromatic heterocycles. The van der Waals surface area contributed by atoms with Crippen molar-refractivity contribution in [1.29, 1.82) is 0 Å². The number of piperidine rings is 1. The van der Waals surface area contributed by atoms with Gasteiger partial charge in [-0.1, -0.05) is 11.6 Å². The van der Waals surface area contributed by atoms with Crippen molar-refractivity contribution in [2.24, 2.45) is 7.05 Å². The predicted molar refractivity (Wildman–Crippen MR) is 62.8 cm³/mol. The zero-order valence-electron chi connectivity index (χ0n) is 9.59. The van der Waals surface area contributed by atoms with Crippen molar-refractivity contribution in [3.8, 4) is 0 Å². The maximum atomic E-state index is 12.4. The molecule has 0 spiro atoms. The van der Waals surface area contributed by atoms with Crippen LogP contribution in [0.2, 0.25) is 5.02 Å². The normalized spacial score (nSPS) is 25.7. The van der Waals surface area contributed by atoms with E-state index in [1.54, 1.807) is 11.7 Å². The van der Waals surface area contributed by atoms with Crippen LogP contribution in [0.3, 0.4) is 0 Å². The van der Waals surface area contributed by atoms with Crippen LogP contribution in [0.25, 0.3) is 0 Å². The summed E-state index contributed by atoms with van der Waals surface area (Å²) in [5.41, 5.74) is 0.00828. The van der Waals surface area contributed by atoms with E-state index in [0.29, 0.717) is 10.7 Å². The number of hydrogen-bond donors (Lipinski definition) is 1. The third-order valence-corrected chi connectivity index (χ3v) is 3.51. The summed E-state index contributed by atoms with van der Waals surface area (Å²) in [4.78, 5) is 12.4. The lowest BCUT2D eigenvalue weighted by Gasteiger charge is -2.33.